The molecule has 1 N–H and O–H groups in total. The molecule has 0 saturated carbocycles. The molecule has 0 unspecified atom stereocenters. The van der Waals surface area contributed by atoms with Crippen molar-refractivity contribution in [1.82, 2.24) is 0 Å². The standard InChI is InChI=1S/C12H9Cl9O/c13-10(14,15)6-4-8(11(16,17)18)7(2-1-3-22)9(5-6)12(19,20)21/h4-5,22H,1-3H2. The van der Waals surface area contributed by atoms with Crippen LogP contribution in [0.1, 0.15) is 28.7 Å². The van der Waals surface area contributed by atoms with Gasteiger partial charge in [-0.05, 0) is 30.5 Å². The highest BCUT2D eigenvalue weighted by molar-refractivity contribution is 6.68. The minimum absolute atomic E-state index is 0.0786. The summed E-state index contributed by atoms with van der Waals surface area (Å²) in [7, 11) is 0. The molecule has 0 aliphatic heterocycles. The van der Waals surface area contributed by atoms with Crippen molar-refractivity contribution < 1.29 is 5.11 Å². The maximum absolute atomic E-state index is 9.04. The van der Waals surface area contributed by atoms with Gasteiger partial charge < -0.3 is 5.11 Å². The van der Waals surface area contributed by atoms with Crippen molar-refractivity contribution >= 4 is 104 Å². The molecule has 0 radical (unpaired) electrons. The van der Waals surface area contributed by atoms with E-state index in [0.29, 0.717) is 18.4 Å². The van der Waals surface area contributed by atoms with Crippen LogP contribution >= 0.6 is 104 Å². The number of rotatable bonds is 3. The maximum atomic E-state index is 9.04. The first-order valence-corrected chi connectivity index (χ1v) is 9.18. The van der Waals surface area contributed by atoms with Crippen LogP contribution in [0, 0.1) is 0 Å². The van der Waals surface area contributed by atoms with E-state index in [1.165, 1.54) is 12.1 Å². The highest BCUT2D eigenvalue weighted by Crippen LogP contribution is 2.50. The Labute approximate surface area is 173 Å². The lowest BCUT2D eigenvalue weighted by Crippen LogP contribution is -2.17. The van der Waals surface area contributed by atoms with E-state index in [4.69, 9.17) is 110 Å². The molecular weight excluding hydrogens is 479 g/mol. The maximum Gasteiger partial charge on any atom is 0.216 e. The van der Waals surface area contributed by atoms with Crippen molar-refractivity contribution in [3.8, 4) is 0 Å². The third-order valence-corrected chi connectivity index (χ3v) is 4.65. The smallest absolute Gasteiger partial charge is 0.216 e. The lowest BCUT2D eigenvalue weighted by molar-refractivity contribution is 0.288. The Hall–Kier alpha value is 1.79. The number of aliphatic hydroxyl groups is 1. The van der Waals surface area contributed by atoms with Crippen molar-refractivity contribution in [2.24, 2.45) is 0 Å². The van der Waals surface area contributed by atoms with Gasteiger partial charge in [0.1, 0.15) is 0 Å². The van der Waals surface area contributed by atoms with Gasteiger partial charge in [0, 0.05) is 23.3 Å². The Morgan fingerprint density at radius 2 is 1.14 bits per heavy atom. The molecule has 1 aromatic rings. The molecule has 1 rings (SSSR count). The fourth-order valence-electron chi connectivity index (χ4n) is 1.87. The van der Waals surface area contributed by atoms with E-state index in [0.717, 1.165) is 0 Å². The Bertz CT molecular complexity index is 490. The monoisotopic (exact) mass is 484 g/mol. The van der Waals surface area contributed by atoms with E-state index in [1.54, 1.807) is 0 Å². The molecule has 1 aromatic carbocycles. The molecule has 0 spiro atoms. The van der Waals surface area contributed by atoms with Crippen molar-refractivity contribution in [3.63, 3.8) is 0 Å². The summed E-state index contributed by atoms with van der Waals surface area (Å²) in [6.45, 7) is -0.0786. The van der Waals surface area contributed by atoms with Crippen LogP contribution in [0.5, 0.6) is 0 Å². The van der Waals surface area contributed by atoms with Crippen LogP contribution in [0.15, 0.2) is 12.1 Å². The first-order valence-electron chi connectivity index (χ1n) is 5.78. The van der Waals surface area contributed by atoms with Crippen molar-refractivity contribution in [1.29, 1.82) is 0 Å². The van der Waals surface area contributed by atoms with Crippen molar-refractivity contribution in [2.75, 3.05) is 6.61 Å². The fraction of sp³-hybridized carbons (Fsp3) is 0.500. The predicted molar refractivity (Wildman–Crippen MR) is 99.6 cm³/mol. The van der Waals surface area contributed by atoms with Crippen LogP contribution in [0.25, 0.3) is 0 Å². The zero-order valence-corrected chi connectivity index (χ0v) is 17.4. The van der Waals surface area contributed by atoms with Crippen LogP contribution in [0.4, 0.5) is 0 Å². The second-order valence-electron chi connectivity index (χ2n) is 4.37. The number of hydrogen-bond donors (Lipinski definition) is 1. The first-order chi connectivity index (χ1) is 9.78. The van der Waals surface area contributed by atoms with Gasteiger partial charge in [-0.25, -0.2) is 0 Å². The van der Waals surface area contributed by atoms with Gasteiger partial charge in [-0.3, -0.25) is 0 Å². The van der Waals surface area contributed by atoms with Gasteiger partial charge in [0.05, 0.1) is 0 Å². The van der Waals surface area contributed by atoms with E-state index in [-0.39, 0.29) is 23.3 Å². The van der Waals surface area contributed by atoms with Crippen LogP contribution in [0.3, 0.4) is 0 Å². The van der Waals surface area contributed by atoms with Gasteiger partial charge in [-0.2, -0.15) is 0 Å². The first kappa shape index (κ1) is 21.8. The van der Waals surface area contributed by atoms with Gasteiger partial charge in [0.25, 0.3) is 0 Å². The number of aliphatic hydroxyl groups excluding tert-OH is 1. The molecule has 1 nitrogen and oxygen atoms in total. The second-order valence-corrected chi connectivity index (χ2v) is 11.2. The number of benzene rings is 1. The SMILES string of the molecule is OCCCc1c(C(Cl)(Cl)Cl)cc(C(Cl)(Cl)Cl)cc1C(Cl)(Cl)Cl. The molecule has 0 aliphatic carbocycles. The third-order valence-electron chi connectivity index (χ3n) is 2.77. The van der Waals surface area contributed by atoms with Gasteiger partial charge >= 0.3 is 0 Å². The summed E-state index contributed by atoms with van der Waals surface area (Å²) in [5, 5.41) is 9.04. The lowest BCUT2D eigenvalue weighted by atomic mass is 9.95. The molecule has 126 valence electrons. The molecule has 0 aromatic heterocycles. The van der Waals surface area contributed by atoms with E-state index < -0.39 is 11.4 Å². The number of hydrogen-bond acceptors (Lipinski definition) is 1. The van der Waals surface area contributed by atoms with E-state index in [2.05, 4.69) is 0 Å². The zero-order valence-electron chi connectivity index (χ0n) is 10.6. The second kappa shape index (κ2) is 7.99. The van der Waals surface area contributed by atoms with Crippen molar-refractivity contribution in [2.45, 2.75) is 24.2 Å². The topological polar surface area (TPSA) is 20.2 Å². The molecule has 0 heterocycles. The minimum atomic E-state index is -1.82. The van der Waals surface area contributed by atoms with Gasteiger partial charge in [-0.15, -0.1) is 0 Å². The Morgan fingerprint density at radius 3 is 1.41 bits per heavy atom. The van der Waals surface area contributed by atoms with Crippen LogP contribution in [-0.4, -0.2) is 11.7 Å². The van der Waals surface area contributed by atoms with Crippen LogP contribution < -0.4 is 0 Å². The molecule has 22 heavy (non-hydrogen) atoms. The highest BCUT2D eigenvalue weighted by Gasteiger charge is 2.36. The average Bonchev–Trinajstić information content (AvgIpc) is 2.31. The van der Waals surface area contributed by atoms with Crippen molar-refractivity contribution in [3.05, 3.63) is 34.4 Å². The Balaban J connectivity index is 3.70. The molecule has 0 aliphatic rings. The van der Waals surface area contributed by atoms with E-state index >= 15 is 0 Å². The number of alkyl halides is 9. The summed E-state index contributed by atoms with van der Waals surface area (Å²) in [5.74, 6) is 0. The lowest BCUT2D eigenvalue weighted by Gasteiger charge is -2.26. The quantitative estimate of drug-likeness (QED) is 0.451. The molecular formula is C12H9Cl9O. The summed E-state index contributed by atoms with van der Waals surface area (Å²) in [4.78, 5) is 0. The Kier molecular flexibility index (Phi) is 7.93. The average molecular weight is 488 g/mol. The van der Waals surface area contributed by atoms with Gasteiger partial charge in [0.15, 0.2) is 0 Å². The third kappa shape index (κ3) is 5.95. The predicted octanol–water partition coefficient (Wildman–Crippen LogP) is 7.09. The van der Waals surface area contributed by atoms with Gasteiger partial charge in [0.2, 0.25) is 11.4 Å². The van der Waals surface area contributed by atoms with Crippen LogP contribution in [-0.2, 0) is 17.8 Å². The van der Waals surface area contributed by atoms with E-state index in [9.17, 15) is 0 Å². The summed E-state index contributed by atoms with van der Waals surface area (Å²) in [6.07, 6.45) is 0.706. The molecule has 0 atom stereocenters. The normalized spacial score (nSPS) is 13.5. The summed E-state index contributed by atoms with van der Waals surface area (Å²) in [5.41, 5.74) is 1.15. The van der Waals surface area contributed by atoms with Gasteiger partial charge in [-0.1, -0.05) is 104 Å². The molecule has 0 bridgehead atoms. The highest BCUT2D eigenvalue weighted by atomic mass is 35.6. The van der Waals surface area contributed by atoms with Crippen LogP contribution in [0.2, 0.25) is 0 Å². The summed E-state index contributed by atoms with van der Waals surface area (Å²) >= 11 is 53.7. The summed E-state index contributed by atoms with van der Waals surface area (Å²) < 4.78 is -5.42. The number of halogens is 9. The molecule has 0 saturated heterocycles. The summed E-state index contributed by atoms with van der Waals surface area (Å²) in [6, 6.07) is 2.87. The fourth-order valence-corrected chi connectivity index (χ4v) is 3.21. The molecule has 10 heteroatoms. The zero-order chi connectivity index (χ0) is 17.3. The van der Waals surface area contributed by atoms with E-state index in [1.807, 2.05) is 0 Å². The Morgan fingerprint density at radius 1 is 0.727 bits per heavy atom. The molecule has 0 amide bonds. The minimum Gasteiger partial charge on any atom is -0.396 e. The largest absolute Gasteiger partial charge is 0.396 e. The molecule has 0 fully saturated rings.